The number of hydrogen-bond acceptors (Lipinski definition) is 8. The van der Waals surface area contributed by atoms with Gasteiger partial charge in [-0.2, -0.15) is 4.98 Å². The molecule has 0 unspecified atom stereocenters. The molecule has 4 heterocycles. The van der Waals surface area contributed by atoms with E-state index in [1.807, 2.05) is 52.7 Å². The van der Waals surface area contributed by atoms with Crippen LogP contribution in [0.25, 0.3) is 22.0 Å². The molecule has 1 aliphatic heterocycles. The van der Waals surface area contributed by atoms with Crippen molar-refractivity contribution in [3.8, 4) is 22.0 Å². The molecule has 1 aliphatic rings. The van der Waals surface area contributed by atoms with Crippen molar-refractivity contribution in [2.75, 3.05) is 32.7 Å². The van der Waals surface area contributed by atoms with E-state index in [9.17, 15) is 4.79 Å². The van der Waals surface area contributed by atoms with Gasteiger partial charge in [-0.15, -0.1) is 11.3 Å². The standard InChI is InChI=1S/C24H25N5O3S/c1-17-21(22(26-31-17)18-7-3-2-4-8-18)24(30)29-14-12-28(13-15-29)11-5-10-20-25-23(27-32-20)19-9-6-16-33-19/h2-4,6-9,16H,5,10-15H2,1H3. The molecular weight excluding hydrogens is 438 g/mol. The first-order chi connectivity index (χ1) is 16.2. The van der Waals surface area contributed by atoms with Gasteiger partial charge < -0.3 is 13.9 Å². The summed E-state index contributed by atoms with van der Waals surface area (Å²) >= 11 is 1.60. The van der Waals surface area contributed by atoms with Crippen molar-refractivity contribution in [3.63, 3.8) is 0 Å². The molecule has 33 heavy (non-hydrogen) atoms. The lowest BCUT2D eigenvalue weighted by Gasteiger charge is -2.34. The predicted molar refractivity (Wildman–Crippen MR) is 125 cm³/mol. The van der Waals surface area contributed by atoms with Gasteiger partial charge in [-0.3, -0.25) is 9.69 Å². The highest BCUT2D eigenvalue weighted by atomic mass is 32.1. The van der Waals surface area contributed by atoms with E-state index in [4.69, 9.17) is 9.05 Å². The van der Waals surface area contributed by atoms with Gasteiger partial charge in [0.05, 0.1) is 4.88 Å². The number of piperazine rings is 1. The molecule has 0 spiro atoms. The molecule has 170 valence electrons. The van der Waals surface area contributed by atoms with Gasteiger partial charge >= 0.3 is 0 Å². The molecular formula is C24H25N5O3S. The summed E-state index contributed by atoms with van der Waals surface area (Å²) in [6, 6.07) is 13.7. The smallest absolute Gasteiger partial charge is 0.259 e. The zero-order chi connectivity index (χ0) is 22.6. The van der Waals surface area contributed by atoms with Crippen LogP contribution in [0.15, 0.2) is 56.9 Å². The predicted octanol–water partition coefficient (Wildman–Crippen LogP) is 4.15. The van der Waals surface area contributed by atoms with E-state index in [0.29, 0.717) is 41.8 Å². The van der Waals surface area contributed by atoms with Crippen LogP contribution in [0.4, 0.5) is 0 Å². The third kappa shape index (κ3) is 4.74. The Bertz CT molecular complexity index is 1190. The first-order valence-electron chi connectivity index (χ1n) is 11.1. The molecule has 1 fully saturated rings. The molecule has 0 N–H and O–H groups in total. The van der Waals surface area contributed by atoms with Crippen molar-refractivity contribution in [2.24, 2.45) is 0 Å². The summed E-state index contributed by atoms with van der Waals surface area (Å²) in [5.41, 5.74) is 2.06. The Morgan fingerprint density at radius 2 is 1.85 bits per heavy atom. The number of nitrogens with zero attached hydrogens (tertiary/aromatic N) is 5. The molecule has 0 bridgehead atoms. The number of aryl methyl sites for hydroxylation is 2. The molecule has 1 amide bonds. The van der Waals surface area contributed by atoms with Crippen molar-refractivity contribution in [1.29, 1.82) is 0 Å². The Kier molecular flexibility index (Phi) is 6.32. The summed E-state index contributed by atoms with van der Waals surface area (Å²) in [7, 11) is 0. The molecule has 0 atom stereocenters. The number of carbonyl (C=O) groups excluding carboxylic acids is 1. The van der Waals surface area contributed by atoms with E-state index >= 15 is 0 Å². The van der Waals surface area contributed by atoms with Gasteiger partial charge in [0, 0.05) is 38.2 Å². The quantitative estimate of drug-likeness (QED) is 0.407. The minimum atomic E-state index is -0.0146. The number of aromatic nitrogens is 3. The Labute approximate surface area is 195 Å². The fraction of sp³-hybridized carbons (Fsp3) is 0.333. The van der Waals surface area contributed by atoms with Gasteiger partial charge in [0.25, 0.3) is 5.91 Å². The number of hydrogen-bond donors (Lipinski definition) is 0. The Balaban J connectivity index is 1.13. The molecule has 9 heteroatoms. The lowest BCUT2D eigenvalue weighted by atomic mass is 10.0. The van der Waals surface area contributed by atoms with Crippen LogP contribution in [0.1, 0.15) is 28.4 Å². The van der Waals surface area contributed by atoms with Crippen molar-refractivity contribution in [1.82, 2.24) is 25.1 Å². The molecule has 0 radical (unpaired) electrons. The SMILES string of the molecule is Cc1onc(-c2ccccc2)c1C(=O)N1CCN(CCCc2nc(-c3cccs3)no2)CC1. The number of thiophene rings is 1. The Hall–Kier alpha value is -3.30. The molecule has 0 aliphatic carbocycles. The number of rotatable bonds is 7. The van der Waals surface area contributed by atoms with Crippen molar-refractivity contribution < 1.29 is 13.8 Å². The second-order valence-electron chi connectivity index (χ2n) is 8.05. The topological polar surface area (TPSA) is 88.5 Å². The monoisotopic (exact) mass is 463 g/mol. The maximum atomic E-state index is 13.3. The normalized spacial score (nSPS) is 14.6. The average Bonchev–Trinajstić information content (AvgIpc) is 3.61. The van der Waals surface area contributed by atoms with E-state index in [-0.39, 0.29) is 5.91 Å². The molecule has 1 saturated heterocycles. The van der Waals surface area contributed by atoms with E-state index in [0.717, 1.165) is 42.9 Å². The number of amides is 1. The second-order valence-corrected chi connectivity index (χ2v) is 9.00. The van der Waals surface area contributed by atoms with Crippen LogP contribution in [0.2, 0.25) is 0 Å². The van der Waals surface area contributed by atoms with E-state index in [2.05, 4.69) is 20.2 Å². The second kappa shape index (κ2) is 9.68. The maximum Gasteiger partial charge on any atom is 0.259 e. The Morgan fingerprint density at radius 3 is 2.61 bits per heavy atom. The fourth-order valence-corrected chi connectivity index (χ4v) is 4.72. The highest BCUT2D eigenvalue weighted by Gasteiger charge is 2.28. The van der Waals surface area contributed by atoms with Crippen LogP contribution in [0.3, 0.4) is 0 Å². The lowest BCUT2D eigenvalue weighted by molar-refractivity contribution is 0.0634. The maximum absolute atomic E-state index is 13.3. The zero-order valence-electron chi connectivity index (χ0n) is 18.4. The summed E-state index contributed by atoms with van der Waals surface area (Å²) in [5, 5.41) is 10.2. The van der Waals surface area contributed by atoms with Crippen molar-refractivity contribution in [2.45, 2.75) is 19.8 Å². The molecule has 3 aromatic heterocycles. The van der Waals surface area contributed by atoms with E-state index in [1.54, 1.807) is 18.3 Å². The van der Waals surface area contributed by atoms with Gasteiger partial charge in [-0.25, -0.2) is 0 Å². The van der Waals surface area contributed by atoms with Crippen molar-refractivity contribution in [3.05, 3.63) is 65.1 Å². The highest BCUT2D eigenvalue weighted by Crippen LogP contribution is 2.27. The highest BCUT2D eigenvalue weighted by molar-refractivity contribution is 7.13. The Morgan fingerprint density at radius 1 is 1.03 bits per heavy atom. The van der Waals surface area contributed by atoms with Gasteiger partial charge in [-0.05, 0) is 31.3 Å². The minimum Gasteiger partial charge on any atom is -0.360 e. The van der Waals surface area contributed by atoms with Crippen LogP contribution in [-0.2, 0) is 6.42 Å². The van der Waals surface area contributed by atoms with Crippen molar-refractivity contribution >= 4 is 17.2 Å². The average molecular weight is 464 g/mol. The van der Waals surface area contributed by atoms with Crippen LogP contribution in [-0.4, -0.2) is 63.7 Å². The fourth-order valence-electron chi connectivity index (χ4n) is 4.07. The van der Waals surface area contributed by atoms with E-state index in [1.165, 1.54) is 0 Å². The molecule has 8 nitrogen and oxygen atoms in total. The van der Waals surface area contributed by atoms with Crippen LogP contribution >= 0.6 is 11.3 Å². The van der Waals surface area contributed by atoms with Gasteiger partial charge in [0.1, 0.15) is 17.0 Å². The van der Waals surface area contributed by atoms with E-state index < -0.39 is 0 Å². The molecule has 0 saturated carbocycles. The third-order valence-corrected chi connectivity index (χ3v) is 6.72. The molecule has 4 aromatic rings. The van der Waals surface area contributed by atoms with Gasteiger partial charge in [0.15, 0.2) is 0 Å². The summed E-state index contributed by atoms with van der Waals surface area (Å²) in [5.74, 6) is 1.87. The molecule has 1 aromatic carbocycles. The van der Waals surface area contributed by atoms with Gasteiger partial charge in [-0.1, -0.05) is 46.7 Å². The summed E-state index contributed by atoms with van der Waals surface area (Å²) in [6.07, 6.45) is 1.68. The summed E-state index contributed by atoms with van der Waals surface area (Å²) < 4.78 is 10.8. The zero-order valence-corrected chi connectivity index (χ0v) is 19.3. The third-order valence-electron chi connectivity index (χ3n) is 5.86. The van der Waals surface area contributed by atoms with Crippen LogP contribution in [0, 0.1) is 6.92 Å². The lowest BCUT2D eigenvalue weighted by Crippen LogP contribution is -2.49. The number of benzene rings is 1. The minimum absolute atomic E-state index is 0.0146. The molecule has 5 rings (SSSR count). The van der Waals surface area contributed by atoms with Gasteiger partial charge in [0.2, 0.25) is 11.7 Å². The largest absolute Gasteiger partial charge is 0.360 e. The van der Waals surface area contributed by atoms with Crippen LogP contribution in [0.5, 0.6) is 0 Å². The first-order valence-corrected chi connectivity index (χ1v) is 12.0. The van der Waals surface area contributed by atoms with Crippen LogP contribution < -0.4 is 0 Å². The summed E-state index contributed by atoms with van der Waals surface area (Å²) in [6.45, 7) is 5.76. The number of carbonyl (C=O) groups is 1. The summed E-state index contributed by atoms with van der Waals surface area (Å²) in [4.78, 5) is 23.0. The first kappa shape index (κ1) is 21.5.